The van der Waals surface area contributed by atoms with Crippen LogP contribution in [0.5, 0.6) is 0 Å². The van der Waals surface area contributed by atoms with E-state index in [-0.39, 0.29) is 11.6 Å². The molecule has 1 saturated carbocycles. The Morgan fingerprint density at radius 2 is 2.00 bits per heavy atom. The van der Waals surface area contributed by atoms with Crippen LogP contribution in [-0.4, -0.2) is 30.7 Å². The van der Waals surface area contributed by atoms with Crippen molar-refractivity contribution < 1.29 is 4.42 Å². The van der Waals surface area contributed by atoms with Gasteiger partial charge in [0.15, 0.2) is 5.41 Å². The highest BCUT2D eigenvalue weighted by atomic mass is 16.3. The van der Waals surface area contributed by atoms with Gasteiger partial charge in [-0.25, -0.2) is 0 Å². The lowest BCUT2D eigenvalue weighted by Crippen LogP contribution is -2.52. The highest BCUT2D eigenvalue weighted by Gasteiger charge is 2.58. The van der Waals surface area contributed by atoms with Crippen LogP contribution in [0, 0.1) is 63.6 Å². The normalized spacial score (nSPS) is 28.9. The molecule has 0 bridgehead atoms. The van der Waals surface area contributed by atoms with Gasteiger partial charge in [-0.15, -0.1) is 0 Å². The molecule has 0 unspecified atom stereocenters. The van der Waals surface area contributed by atoms with E-state index < -0.39 is 17.3 Å². The monoisotopic (exact) mass is 319 g/mol. The molecule has 3 rings (SSSR count). The van der Waals surface area contributed by atoms with Crippen molar-refractivity contribution in [2.45, 2.75) is 12.8 Å². The molecule has 1 aromatic heterocycles. The number of likely N-dealkylation sites (N-methyl/N-ethyl adjacent to an activating group) is 1. The minimum absolute atomic E-state index is 0.138. The summed E-state index contributed by atoms with van der Waals surface area (Å²) in [7, 11) is 1.96. The summed E-state index contributed by atoms with van der Waals surface area (Å²) in [5, 5.41) is 37.7. The average Bonchev–Trinajstić information content (AvgIpc) is 3.00. The van der Waals surface area contributed by atoms with Crippen LogP contribution < -0.4 is 0 Å². The van der Waals surface area contributed by atoms with E-state index in [2.05, 4.69) is 11.0 Å². The van der Waals surface area contributed by atoms with Crippen LogP contribution in [-0.2, 0) is 0 Å². The van der Waals surface area contributed by atoms with Crippen LogP contribution in [0.15, 0.2) is 28.2 Å². The summed E-state index contributed by atoms with van der Waals surface area (Å²) in [6.45, 7) is 3.11. The van der Waals surface area contributed by atoms with Crippen molar-refractivity contribution in [2.75, 3.05) is 20.1 Å². The number of fused-ring (bicyclic) bond motifs is 1. The third-order valence-corrected chi connectivity index (χ3v) is 5.04. The van der Waals surface area contributed by atoms with Crippen LogP contribution in [0.4, 0.5) is 0 Å². The molecule has 1 aliphatic heterocycles. The highest BCUT2D eigenvalue weighted by molar-refractivity contribution is 6.00. The average molecular weight is 319 g/mol. The molecule has 0 spiro atoms. The third-order valence-electron chi connectivity index (χ3n) is 5.04. The van der Waals surface area contributed by atoms with E-state index in [9.17, 15) is 15.8 Å². The second kappa shape index (κ2) is 5.64. The summed E-state index contributed by atoms with van der Waals surface area (Å²) < 4.78 is 5.76. The number of furan rings is 1. The number of nitrogens with zero attached hydrogens (tertiary/aromatic N) is 4. The Labute approximate surface area is 140 Å². The molecule has 1 fully saturated rings. The van der Waals surface area contributed by atoms with Crippen molar-refractivity contribution in [3.63, 3.8) is 0 Å². The molecular weight excluding hydrogens is 302 g/mol. The fraction of sp³-hybridized carbons (Fsp3) is 0.444. The lowest BCUT2D eigenvalue weighted by Gasteiger charge is -2.46. The number of rotatable bonds is 1. The summed E-state index contributed by atoms with van der Waals surface area (Å²) in [6, 6.07) is 9.78. The lowest BCUT2D eigenvalue weighted by molar-refractivity contribution is 0.216. The van der Waals surface area contributed by atoms with Crippen LogP contribution in [0.2, 0.25) is 0 Å². The van der Waals surface area contributed by atoms with Crippen LogP contribution in [0.1, 0.15) is 17.4 Å². The molecule has 6 nitrogen and oxygen atoms in total. The van der Waals surface area contributed by atoms with Gasteiger partial charge in [0.05, 0.1) is 29.8 Å². The molecule has 120 valence electrons. The van der Waals surface area contributed by atoms with Crippen molar-refractivity contribution in [1.29, 1.82) is 21.2 Å². The first-order chi connectivity index (χ1) is 11.5. The van der Waals surface area contributed by atoms with E-state index in [1.807, 2.05) is 25.3 Å². The Hall–Kier alpha value is -2.88. The zero-order valence-electron chi connectivity index (χ0n) is 13.6. The van der Waals surface area contributed by atoms with E-state index in [4.69, 9.17) is 9.83 Å². The van der Waals surface area contributed by atoms with E-state index in [1.54, 1.807) is 19.1 Å². The molecule has 24 heavy (non-hydrogen) atoms. The van der Waals surface area contributed by atoms with Gasteiger partial charge in [0, 0.05) is 19.0 Å². The summed E-state index contributed by atoms with van der Waals surface area (Å²) in [4.78, 5) is 2.08. The molecule has 0 saturated heterocycles. The third kappa shape index (κ3) is 2.07. The number of nitrogens with one attached hydrogen (secondary N) is 1. The maximum absolute atomic E-state index is 9.82. The van der Waals surface area contributed by atoms with Gasteiger partial charge < -0.3 is 14.7 Å². The van der Waals surface area contributed by atoms with Gasteiger partial charge in [-0.2, -0.15) is 15.8 Å². The van der Waals surface area contributed by atoms with Crippen molar-refractivity contribution >= 4 is 5.71 Å². The summed E-state index contributed by atoms with van der Waals surface area (Å²) >= 11 is 0. The molecule has 1 aliphatic carbocycles. The molecule has 2 aliphatic rings. The smallest absolute Gasteiger partial charge is 0.192 e. The largest absolute Gasteiger partial charge is 0.466 e. The van der Waals surface area contributed by atoms with Crippen molar-refractivity contribution in [3.8, 4) is 18.2 Å². The zero-order valence-corrected chi connectivity index (χ0v) is 13.6. The van der Waals surface area contributed by atoms with Gasteiger partial charge in [0.25, 0.3) is 0 Å². The van der Waals surface area contributed by atoms with Crippen molar-refractivity contribution in [2.24, 2.45) is 17.3 Å². The maximum atomic E-state index is 9.82. The molecule has 0 amide bonds. The quantitative estimate of drug-likeness (QED) is 0.799. The van der Waals surface area contributed by atoms with Crippen molar-refractivity contribution in [3.05, 3.63) is 35.3 Å². The molecule has 0 radical (unpaired) electrons. The number of aryl methyl sites for hydroxylation is 1. The summed E-state index contributed by atoms with van der Waals surface area (Å²) in [5.74, 6) is -0.392. The number of hydrogen-bond donors (Lipinski definition) is 1. The first-order valence-corrected chi connectivity index (χ1v) is 7.74. The van der Waals surface area contributed by atoms with Crippen LogP contribution >= 0.6 is 0 Å². The van der Waals surface area contributed by atoms with Gasteiger partial charge in [0.1, 0.15) is 17.4 Å². The second-order valence-electron chi connectivity index (χ2n) is 6.47. The van der Waals surface area contributed by atoms with E-state index >= 15 is 0 Å². The Bertz CT molecular complexity index is 830. The summed E-state index contributed by atoms with van der Waals surface area (Å²) in [5.41, 5.74) is -0.993. The first-order valence-electron chi connectivity index (χ1n) is 7.74. The van der Waals surface area contributed by atoms with E-state index in [1.165, 1.54) is 0 Å². The second-order valence-corrected chi connectivity index (χ2v) is 6.47. The Morgan fingerprint density at radius 3 is 2.54 bits per heavy atom. The van der Waals surface area contributed by atoms with E-state index in [0.29, 0.717) is 24.6 Å². The van der Waals surface area contributed by atoms with Gasteiger partial charge in [-0.3, -0.25) is 0 Å². The lowest BCUT2D eigenvalue weighted by atomic mass is 9.55. The molecule has 1 aromatic rings. The Kier molecular flexibility index (Phi) is 3.76. The minimum atomic E-state index is -1.69. The topological polar surface area (TPSA) is 112 Å². The van der Waals surface area contributed by atoms with Gasteiger partial charge >= 0.3 is 0 Å². The predicted molar refractivity (Wildman–Crippen MR) is 85.7 cm³/mol. The SMILES string of the molecule is Cc1ccc([C@@H]2[C@@H]3CN(C)CC=C3[C@H](C#N)C(=N)C2(C#N)C#N)o1. The Balaban J connectivity index is 2.26. The fourth-order valence-electron chi connectivity index (χ4n) is 3.88. The molecule has 0 aromatic carbocycles. The Morgan fingerprint density at radius 1 is 1.29 bits per heavy atom. The van der Waals surface area contributed by atoms with Crippen molar-refractivity contribution in [1.82, 2.24) is 4.90 Å². The standard InChI is InChI=1S/C18H17N5O/c1-11-3-4-15(24-11)16-14-8-23(2)6-5-12(14)13(7-19)17(22)18(16,9-20)10-21/h3-5,13-14,16,22H,6,8H2,1-2H3/t13-,14+,16-/m0/s1. The highest BCUT2D eigenvalue weighted by Crippen LogP contribution is 2.53. The zero-order chi connectivity index (χ0) is 17.5. The number of nitriles is 3. The predicted octanol–water partition coefficient (Wildman–Crippen LogP) is 2.37. The molecular formula is C18H17N5O. The van der Waals surface area contributed by atoms with Crippen LogP contribution in [0.3, 0.4) is 0 Å². The molecule has 3 atom stereocenters. The summed E-state index contributed by atoms with van der Waals surface area (Å²) in [6.07, 6.45) is 1.96. The molecule has 2 heterocycles. The maximum Gasteiger partial charge on any atom is 0.192 e. The minimum Gasteiger partial charge on any atom is -0.466 e. The molecule has 1 N–H and O–H groups in total. The van der Waals surface area contributed by atoms with Gasteiger partial charge in [-0.1, -0.05) is 6.08 Å². The fourth-order valence-corrected chi connectivity index (χ4v) is 3.88. The van der Waals surface area contributed by atoms with E-state index in [0.717, 1.165) is 5.57 Å². The first kappa shape index (κ1) is 16.0. The van der Waals surface area contributed by atoms with Gasteiger partial charge in [-0.05, 0) is 31.7 Å². The van der Waals surface area contributed by atoms with Crippen LogP contribution in [0.25, 0.3) is 0 Å². The molecule has 6 heteroatoms. The number of hydrogen-bond acceptors (Lipinski definition) is 6. The van der Waals surface area contributed by atoms with Gasteiger partial charge in [0.2, 0.25) is 0 Å².